The average molecular weight is 420 g/mol. The number of thioether (sulfide) groups is 1. The summed E-state index contributed by atoms with van der Waals surface area (Å²) in [6.07, 6.45) is 1.13. The molecule has 1 aromatic carbocycles. The molecule has 3 amide bonds. The second-order valence-corrected chi connectivity index (χ2v) is 8.12. The number of rotatable bonds is 3. The number of imide groups is 1. The third-order valence-corrected chi connectivity index (χ3v) is 6.27. The minimum atomic E-state index is -0.189. The van der Waals surface area contributed by atoms with Crippen LogP contribution in [-0.4, -0.2) is 56.9 Å². The number of benzene rings is 1. The first-order valence-corrected chi connectivity index (χ1v) is 10.3. The van der Waals surface area contributed by atoms with Crippen molar-refractivity contribution in [2.24, 2.45) is 0 Å². The Hall–Kier alpha value is -2.32. The molecule has 0 bridgehead atoms. The lowest BCUT2D eigenvalue weighted by atomic mass is 10.0. The van der Waals surface area contributed by atoms with Crippen LogP contribution in [0.25, 0.3) is 11.3 Å². The molecule has 4 rings (SSSR count). The first kappa shape index (κ1) is 19.0. The van der Waals surface area contributed by atoms with Gasteiger partial charge >= 0.3 is 0 Å². The minimum absolute atomic E-state index is 0.143. The van der Waals surface area contributed by atoms with Gasteiger partial charge in [-0.15, -0.1) is 0 Å². The highest BCUT2D eigenvalue weighted by Gasteiger charge is 2.38. The number of aryl methyl sites for hydroxylation is 1. The van der Waals surface area contributed by atoms with Gasteiger partial charge in [0.1, 0.15) is 17.0 Å². The molecule has 0 saturated carbocycles. The molecule has 2 aromatic rings. The van der Waals surface area contributed by atoms with E-state index in [9.17, 15) is 14.4 Å². The average Bonchev–Trinajstić information content (AvgIpc) is 3.24. The van der Waals surface area contributed by atoms with Gasteiger partial charge in [0.05, 0.1) is 10.8 Å². The van der Waals surface area contributed by atoms with Crippen molar-refractivity contribution in [1.82, 2.24) is 15.0 Å². The topological polar surface area (TPSA) is 83.7 Å². The van der Waals surface area contributed by atoms with E-state index in [0.29, 0.717) is 53.5 Å². The van der Waals surface area contributed by atoms with Crippen molar-refractivity contribution >= 4 is 40.4 Å². The summed E-state index contributed by atoms with van der Waals surface area (Å²) in [5, 5.41) is 4.36. The van der Waals surface area contributed by atoms with Crippen LogP contribution in [0.4, 0.5) is 4.79 Å². The number of piperidine rings is 1. The number of nitrogens with zero attached hydrogens (tertiary/aromatic N) is 3. The van der Waals surface area contributed by atoms with Gasteiger partial charge in [-0.3, -0.25) is 19.3 Å². The molecule has 2 aliphatic rings. The molecule has 0 unspecified atom stereocenters. The fraction of sp³-hybridized carbons (Fsp3) is 0.368. The monoisotopic (exact) mass is 419 g/mol. The van der Waals surface area contributed by atoms with E-state index >= 15 is 0 Å². The summed E-state index contributed by atoms with van der Waals surface area (Å²) in [6.45, 7) is 2.61. The van der Waals surface area contributed by atoms with Crippen molar-refractivity contribution in [3.05, 3.63) is 40.6 Å². The third kappa shape index (κ3) is 3.31. The van der Waals surface area contributed by atoms with Gasteiger partial charge < -0.3 is 9.42 Å². The van der Waals surface area contributed by atoms with Crippen LogP contribution in [0.1, 0.15) is 29.0 Å². The van der Waals surface area contributed by atoms with E-state index in [-0.39, 0.29) is 28.8 Å². The fourth-order valence-electron chi connectivity index (χ4n) is 3.66. The van der Waals surface area contributed by atoms with Crippen molar-refractivity contribution in [2.75, 3.05) is 18.8 Å². The molecule has 3 heterocycles. The van der Waals surface area contributed by atoms with E-state index in [4.69, 9.17) is 16.1 Å². The van der Waals surface area contributed by atoms with E-state index in [1.54, 1.807) is 24.0 Å². The number of carbonyl (C=O) groups excluding carboxylic acids is 3. The van der Waals surface area contributed by atoms with Crippen LogP contribution in [0, 0.1) is 6.92 Å². The molecule has 0 spiro atoms. The molecule has 1 aromatic heterocycles. The van der Waals surface area contributed by atoms with Gasteiger partial charge in [-0.1, -0.05) is 46.7 Å². The summed E-state index contributed by atoms with van der Waals surface area (Å²) in [4.78, 5) is 40.1. The SMILES string of the molecule is Cc1onc(-c2ccccc2Cl)c1C(=O)N1CCC(N2C(=O)CSC2=O)CC1. The number of amides is 3. The molecule has 28 heavy (non-hydrogen) atoms. The summed E-state index contributed by atoms with van der Waals surface area (Å²) in [6, 6.07) is 7.02. The normalized spacial score (nSPS) is 18.2. The molecule has 0 aliphatic carbocycles. The molecule has 9 heteroatoms. The zero-order valence-electron chi connectivity index (χ0n) is 15.2. The van der Waals surface area contributed by atoms with Gasteiger partial charge in [-0.25, -0.2) is 0 Å². The highest BCUT2D eigenvalue weighted by Crippen LogP contribution is 2.33. The Labute approximate surface area is 171 Å². The molecule has 2 saturated heterocycles. The summed E-state index contributed by atoms with van der Waals surface area (Å²) < 4.78 is 5.29. The second kappa shape index (κ2) is 7.60. The van der Waals surface area contributed by atoms with E-state index in [1.165, 1.54) is 4.90 Å². The fourth-order valence-corrected chi connectivity index (χ4v) is 4.66. The number of halogens is 1. The predicted octanol–water partition coefficient (Wildman–Crippen LogP) is 3.60. The number of hydrogen-bond acceptors (Lipinski definition) is 6. The molecule has 2 aliphatic heterocycles. The Balaban J connectivity index is 1.53. The van der Waals surface area contributed by atoms with Crippen LogP contribution >= 0.6 is 23.4 Å². The standard InChI is InChI=1S/C19H18ClN3O4S/c1-11-16(17(21-27-11)13-4-2-3-5-14(13)20)18(25)22-8-6-12(7-9-22)23-15(24)10-28-19(23)26/h2-5,12H,6-10H2,1H3. The Morgan fingerprint density at radius 2 is 1.96 bits per heavy atom. The largest absolute Gasteiger partial charge is 0.360 e. The van der Waals surface area contributed by atoms with Crippen LogP contribution in [0.15, 0.2) is 28.8 Å². The molecular weight excluding hydrogens is 402 g/mol. The number of likely N-dealkylation sites (tertiary alicyclic amines) is 1. The number of hydrogen-bond donors (Lipinski definition) is 0. The lowest BCUT2D eigenvalue weighted by molar-refractivity contribution is -0.126. The summed E-state index contributed by atoms with van der Waals surface area (Å²) in [5.41, 5.74) is 1.47. The lowest BCUT2D eigenvalue weighted by Gasteiger charge is -2.35. The first-order chi connectivity index (χ1) is 13.5. The van der Waals surface area contributed by atoms with Crippen molar-refractivity contribution < 1.29 is 18.9 Å². The van der Waals surface area contributed by atoms with Crippen molar-refractivity contribution in [3.63, 3.8) is 0 Å². The maximum atomic E-state index is 13.2. The minimum Gasteiger partial charge on any atom is -0.360 e. The van der Waals surface area contributed by atoms with Gasteiger partial charge in [0.15, 0.2) is 0 Å². The van der Waals surface area contributed by atoms with Crippen LogP contribution in [0.5, 0.6) is 0 Å². The summed E-state index contributed by atoms with van der Waals surface area (Å²) >= 11 is 7.31. The highest BCUT2D eigenvalue weighted by molar-refractivity contribution is 8.14. The third-order valence-electron chi connectivity index (χ3n) is 5.11. The van der Waals surface area contributed by atoms with Gasteiger partial charge in [-0.05, 0) is 25.8 Å². The van der Waals surface area contributed by atoms with Crippen LogP contribution in [0.2, 0.25) is 5.02 Å². The molecule has 7 nitrogen and oxygen atoms in total. The maximum Gasteiger partial charge on any atom is 0.289 e. The lowest BCUT2D eigenvalue weighted by Crippen LogP contribution is -2.48. The van der Waals surface area contributed by atoms with Crippen LogP contribution < -0.4 is 0 Å². The van der Waals surface area contributed by atoms with Crippen molar-refractivity contribution in [1.29, 1.82) is 0 Å². The Morgan fingerprint density at radius 1 is 1.25 bits per heavy atom. The Morgan fingerprint density at radius 3 is 2.61 bits per heavy atom. The van der Waals surface area contributed by atoms with Gasteiger partial charge in [0, 0.05) is 24.7 Å². The highest BCUT2D eigenvalue weighted by atomic mass is 35.5. The molecular formula is C19H18ClN3O4S. The van der Waals surface area contributed by atoms with Crippen LogP contribution in [0.3, 0.4) is 0 Å². The Kier molecular flexibility index (Phi) is 5.16. The van der Waals surface area contributed by atoms with Gasteiger partial charge in [-0.2, -0.15) is 0 Å². The van der Waals surface area contributed by atoms with E-state index in [2.05, 4.69) is 5.16 Å². The van der Waals surface area contributed by atoms with Gasteiger partial charge in [0.25, 0.3) is 11.1 Å². The molecule has 2 fully saturated rings. The van der Waals surface area contributed by atoms with E-state index < -0.39 is 0 Å². The molecule has 146 valence electrons. The zero-order valence-corrected chi connectivity index (χ0v) is 16.8. The van der Waals surface area contributed by atoms with Crippen molar-refractivity contribution in [3.8, 4) is 11.3 Å². The van der Waals surface area contributed by atoms with Crippen molar-refractivity contribution in [2.45, 2.75) is 25.8 Å². The molecule has 0 radical (unpaired) electrons. The Bertz CT molecular complexity index is 936. The molecule has 0 N–H and O–H groups in total. The maximum absolute atomic E-state index is 13.2. The quantitative estimate of drug-likeness (QED) is 0.755. The first-order valence-electron chi connectivity index (χ1n) is 8.96. The number of aromatic nitrogens is 1. The second-order valence-electron chi connectivity index (χ2n) is 6.78. The predicted molar refractivity (Wildman–Crippen MR) is 105 cm³/mol. The number of carbonyl (C=O) groups is 3. The smallest absolute Gasteiger partial charge is 0.289 e. The van der Waals surface area contributed by atoms with Crippen LogP contribution in [-0.2, 0) is 4.79 Å². The summed E-state index contributed by atoms with van der Waals surface area (Å²) in [5.74, 6) is 0.318. The van der Waals surface area contributed by atoms with Gasteiger partial charge in [0.2, 0.25) is 5.91 Å². The zero-order chi connectivity index (χ0) is 19.8. The van der Waals surface area contributed by atoms with E-state index in [0.717, 1.165) is 11.8 Å². The molecule has 0 atom stereocenters. The van der Waals surface area contributed by atoms with E-state index in [1.807, 2.05) is 12.1 Å². The summed E-state index contributed by atoms with van der Waals surface area (Å²) in [7, 11) is 0.